The molecule has 0 aliphatic carbocycles. The molecule has 2 aromatic heterocycles. The van der Waals surface area contributed by atoms with Gasteiger partial charge in [0, 0.05) is 73.6 Å². The molecule has 4 heterocycles. The number of aromatic nitrogens is 3. The number of benzene rings is 3. The Kier molecular flexibility index (Phi) is 16.4. The van der Waals surface area contributed by atoms with E-state index in [4.69, 9.17) is 4.74 Å². The smallest absolute Gasteiger partial charge is 0.248 e. The monoisotopic (exact) mass is 1010 g/mol. The van der Waals surface area contributed by atoms with Gasteiger partial charge >= 0.3 is 0 Å². The quantitative estimate of drug-likeness (QED) is 0.0693. The fourth-order valence-corrected chi connectivity index (χ4v) is 10.6. The highest BCUT2D eigenvalue weighted by molar-refractivity contribution is 7.89. The SMILES string of the molecule is Cc1cnc(Nc2ccc(N3CCN(C(=O)COCC(=O)N[C@H](C(=O)N4CCCC4C(=O)NCc4ccc(-c5scnc5C)cc4)C(C)(C)C)CC3)cc2)nc1Nc1cccc(S(=O)(=O)NC(C)(C)C)c1. The molecule has 0 saturated carbocycles. The van der Waals surface area contributed by atoms with E-state index in [0.29, 0.717) is 69.6 Å². The highest BCUT2D eigenvalue weighted by Crippen LogP contribution is 2.29. The second-order valence-corrected chi connectivity index (χ2v) is 22.5. The maximum absolute atomic E-state index is 14.0. The van der Waals surface area contributed by atoms with Gasteiger partial charge in [0.15, 0.2) is 0 Å². The highest BCUT2D eigenvalue weighted by atomic mass is 32.2. The van der Waals surface area contributed by atoms with E-state index < -0.39 is 45.6 Å². The number of thiazole rings is 1. The van der Waals surface area contributed by atoms with Crippen LogP contribution in [-0.4, -0.2) is 120 Å². The lowest BCUT2D eigenvalue weighted by atomic mass is 9.85. The summed E-state index contributed by atoms with van der Waals surface area (Å²) in [6.45, 7) is 16.9. The summed E-state index contributed by atoms with van der Waals surface area (Å²) in [5, 5.41) is 12.3. The van der Waals surface area contributed by atoms with Crippen LogP contribution >= 0.6 is 11.3 Å². The van der Waals surface area contributed by atoms with Gasteiger partial charge in [-0.05, 0) is 106 Å². The maximum Gasteiger partial charge on any atom is 0.248 e. The van der Waals surface area contributed by atoms with Gasteiger partial charge < -0.3 is 40.7 Å². The number of sulfonamides is 1. The standard InChI is InChI=1S/C51H65N11O7S2/c1-33-28-53-49(58-46(33)55-38-11-9-12-40(27-38)71(67,68)59-51(6,7)8)56-37-18-20-39(21-19-37)60-23-25-61(26-24-60)43(64)31-69-30-42(63)57-45(50(3,4)5)48(66)62-22-10-13-41(62)47(65)52-29-35-14-16-36(17-15-35)44-34(2)54-32-70-44/h9,11-12,14-21,27-28,32,41,45,59H,10,13,22-26,29-31H2,1-8H3,(H,52,65)(H,57,63)(H2,53,55,56,58)/t41?,45-/m1/s1. The number of piperazine rings is 1. The van der Waals surface area contributed by atoms with Crippen molar-refractivity contribution in [3.8, 4) is 10.4 Å². The Morgan fingerprint density at radius 3 is 2.23 bits per heavy atom. The maximum atomic E-state index is 14.0. The number of anilines is 5. The number of nitrogens with one attached hydrogen (secondary N) is 5. The topological polar surface area (TPSA) is 220 Å². The van der Waals surface area contributed by atoms with Crippen molar-refractivity contribution in [1.82, 2.24) is 40.1 Å². The number of aryl methyl sites for hydroxylation is 2. The van der Waals surface area contributed by atoms with Gasteiger partial charge in [-0.3, -0.25) is 19.2 Å². The van der Waals surface area contributed by atoms with E-state index in [1.165, 1.54) is 0 Å². The Bertz CT molecular complexity index is 2800. The fourth-order valence-electron chi connectivity index (χ4n) is 8.37. The third-order valence-electron chi connectivity index (χ3n) is 12.1. The number of hydrogen-bond acceptors (Lipinski definition) is 14. The minimum atomic E-state index is -3.73. The van der Waals surface area contributed by atoms with Crippen LogP contribution in [0.3, 0.4) is 0 Å². The lowest BCUT2D eigenvalue weighted by molar-refractivity contribution is -0.145. The molecule has 18 nitrogen and oxygen atoms in total. The molecule has 378 valence electrons. The molecular weight excluding hydrogens is 943 g/mol. The number of ether oxygens (including phenoxy) is 1. The predicted molar refractivity (Wildman–Crippen MR) is 276 cm³/mol. The van der Waals surface area contributed by atoms with Crippen molar-refractivity contribution >= 4 is 73.8 Å². The van der Waals surface area contributed by atoms with E-state index >= 15 is 0 Å². The molecule has 2 atom stereocenters. The molecule has 0 bridgehead atoms. The minimum Gasteiger partial charge on any atom is -0.368 e. The van der Waals surface area contributed by atoms with Crippen molar-refractivity contribution < 1.29 is 32.3 Å². The summed E-state index contributed by atoms with van der Waals surface area (Å²) in [4.78, 5) is 74.0. The molecule has 20 heteroatoms. The second kappa shape index (κ2) is 22.3. The van der Waals surface area contributed by atoms with Crippen LogP contribution in [0.2, 0.25) is 0 Å². The Balaban J connectivity index is 0.839. The number of carbonyl (C=O) groups is 4. The third-order valence-corrected chi connectivity index (χ3v) is 14.8. The van der Waals surface area contributed by atoms with Crippen LogP contribution in [0.5, 0.6) is 0 Å². The Labute approximate surface area is 420 Å². The molecule has 71 heavy (non-hydrogen) atoms. The molecule has 0 spiro atoms. The van der Waals surface area contributed by atoms with Gasteiger partial charge in [-0.25, -0.2) is 23.1 Å². The van der Waals surface area contributed by atoms with Crippen molar-refractivity contribution in [2.75, 3.05) is 61.5 Å². The molecule has 7 rings (SSSR count). The molecule has 0 radical (unpaired) electrons. The number of rotatable bonds is 17. The molecular formula is C51H65N11O7S2. The summed E-state index contributed by atoms with van der Waals surface area (Å²) in [7, 11) is -3.73. The molecule has 5 N–H and O–H groups in total. The summed E-state index contributed by atoms with van der Waals surface area (Å²) >= 11 is 1.58. The molecule has 2 fully saturated rings. The van der Waals surface area contributed by atoms with Crippen molar-refractivity contribution in [3.63, 3.8) is 0 Å². The first-order chi connectivity index (χ1) is 33.6. The van der Waals surface area contributed by atoms with Crippen LogP contribution < -0.4 is 30.9 Å². The second-order valence-electron chi connectivity index (χ2n) is 20.0. The first kappa shape index (κ1) is 52.3. The first-order valence-corrected chi connectivity index (χ1v) is 26.1. The first-order valence-electron chi connectivity index (χ1n) is 23.7. The van der Waals surface area contributed by atoms with Crippen molar-refractivity contribution in [2.24, 2.45) is 5.41 Å². The van der Waals surface area contributed by atoms with Crippen molar-refractivity contribution in [3.05, 3.63) is 101 Å². The van der Waals surface area contributed by atoms with Crippen molar-refractivity contribution in [2.45, 2.75) is 97.3 Å². The average molecular weight is 1010 g/mol. The van der Waals surface area contributed by atoms with Gasteiger partial charge in [0.25, 0.3) is 0 Å². The van der Waals surface area contributed by atoms with E-state index in [-0.39, 0.29) is 29.2 Å². The van der Waals surface area contributed by atoms with Crippen LogP contribution in [-0.2, 0) is 40.5 Å². The summed E-state index contributed by atoms with van der Waals surface area (Å²) in [6.07, 6.45) is 2.87. The Hall–Kier alpha value is -6.48. The van der Waals surface area contributed by atoms with Gasteiger partial charge in [0.05, 0.1) is 21.0 Å². The zero-order chi connectivity index (χ0) is 51.1. The number of carbonyl (C=O) groups excluding carboxylic acids is 4. The van der Waals surface area contributed by atoms with Gasteiger partial charge in [0.2, 0.25) is 39.6 Å². The van der Waals surface area contributed by atoms with E-state index in [2.05, 4.69) is 45.8 Å². The van der Waals surface area contributed by atoms with Crippen molar-refractivity contribution in [1.29, 1.82) is 0 Å². The third kappa shape index (κ3) is 13.9. The molecule has 2 saturated heterocycles. The summed E-state index contributed by atoms with van der Waals surface area (Å²) in [5.74, 6) is -0.458. The lowest BCUT2D eigenvalue weighted by Crippen LogP contribution is -2.58. The van der Waals surface area contributed by atoms with Gasteiger partial charge in [-0.15, -0.1) is 11.3 Å². The zero-order valence-corrected chi connectivity index (χ0v) is 43.3. The molecule has 2 aliphatic heterocycles. The van der Waals surface area contributed by atoms with Gasteiger partial charge in [-0.2, -0.15) is 4.98 Å². The van der Waals surface area contributed by atoms with E-state index in [1.807, 2.05) is 88.7 Å². The largest absolute Gasteiger partial charge is 0.368 e. The molecule has 2 aliphatic rings. The number of nitrogens with zero attached hydrogens (tertiary/aromatic N) is 6. The molecule has 3 aromatic carbocycles. The fraction of sp³-hybridized carbons (Fsp3) is 0.431. The van der Waals surface area contributed by atoms with Gasteiger partial charge in [0.1, 0.15) is 31.1 Å². The lowest BCUT2D eigenvalue weighted by Gasteiger charge is -2.36. The number of hydrogen-bond donors (Lipinski definition) is 5. The van der Waals surface area contributed by atoms with Crippen LogP contribution in [0, 0.1) is 19.3 Å². The van der Waals surface area contributed by atoms with E-state index in [1.54, 1.807) is 72.4 Å². The predicted octanol–water partition coefficient (Wildman–Crippen LogP) is 6.28. The van der Waals surface area contributed by atoms with Crippen LogP contribution in [0.1, 0.15) is 71.2 Å². The minimum absolute atomic E-state index is 0.137. The molecule has 1 unspecified atom stereocenters. The summed E-state index contributed by atoms with van der Waals surface area (Å²) < 4.78 is 34.1. The summed E-state index contributed by atoms with van der Waals surface area (Å²) in [5.41, 5.74) is 6.57. The van der Waals surface area contributed by atoms with Crippen LogP contribution in [0.25, 0.3) is 10.4 Å². The van der Waals surface area contributed by atoms with Crippen LogP contribution in [0.15, 0.2) is 89.4 Å². The zero-order valence-electron chi connectivity index (χ0n) is 41.7. The Morgan fingerprint density at radius 2 is 1.56 bits per heavy atom. The average Bonchev–Trinajstić information content (AvgIpc) is 4.00. The highest BCUT2D eigenvalue weighted by Gasteiger charge is 2.42. The van der Waals surface area contributed by atoms with Crippen LogP contribution in [0.4, 0.5) is 28.8 Å². The van der Waals surface area contributed by atoms with Gasteiger partial charge in [-0.1, -0.05) is 51.1 Å². The van der Waals surface area contributed by atoms with E-state index in [0.717, 1.165) is 38.6 Å². The normalized spacial score (nSPS) is 15.8. The molecule has 5 aromatic rings. The van der Waals surface area contributed by atoms with E-state index in [9.17, 15) is 27.6 Å². The number of amides is 4. The number of likely N-dealkylation sites (tertiary alicyclic amines) is 1. The summed E-state index contributed by atoms with van der Waals surface area (Å²) in [6, 6.07) is 20.8. The molecule has 4 amide bonds. The Morgan fingerprint density at radius 1 is 0.845 bits per heavy atom.